The summed E-state index contributed by atoms with van der Waals surface area (Å²) in [5.74, 6) is -5.78. The number of aliphatic hydroxyl groups is 2. The third kappa shape index (κ3) is 11.9. The van der Waals surface area contributed by atoms with E-state index in [1.54, 1.807) is 66.7 Å². The Bertz CT molecular complexity index is 2360. The van der Waals surface area contributed by atoms with E-state index in [4.69, 9.17) is 4.74 Å². The number of carbonyl (C=O) groups excluding carboxylic acids is 5. The highest BCUT2D eigenvalue weighted by Gasteiger charge is 2.36. The number of rotatable bonds is 9. The molecular formula is C47H47N5O10. The van der Waals surface area contributed by atoms with Crippen LogP contribution in [0.25, 0.3) is 11.1 Å². The van der Waals surface area contributed by atoms with E-state index in [0.29, 0.717) is 28.0 Å². The smallest absolute Gasteiger partial charge is 0.326 e. The molecule has 0 fully saturated rings. The average Bonchev–Trinajstić information content (AvgIpc) is 3.28. The molecule has 2 aliphatic heterocycles. The maximum Gasteiger partial charge on any atom is 0.326 e. The molecule has 0 aliphatic carbocycles. The SMILES string of the molecule is COc1cccc(C[C@H]2NC(=O)[C@H](O)[C@@H](O)C(=O)Nc3ccc(cc3)C[C@@H](C(=O)O)NC(=O)[C@@H](Cc3ccccc3)NC(=O)[C@H](Cc3ccc(-c4ccccc4)cc3)NC2=O)c1. The van der Waals surface area contributed by atoms with Gasteiger partial charge in [-0.15, -0.1) is 0 Å². The maximum atomic E-state index is 14.5. The van der Waals surface area contributed by atoms with Crippen LogP contribution >= 0.6 is 0 Å². The molecule has 62 heavy (non-hydrogen) atoms. The number of fused-ring (bicyclic) bond motifs is 18. The van der Waals surface area contributed by atoms with Crippen LogP contribution in [0, 0.1) is 0 Å². The number of methoxy groups -OCH3 is 1. The summed E-state index contributed by atoms with van der Waals surface area (Å²) in [6.07, 6.45) is -5.13. The van der Waals surface area contributed by atoms with Crippen molar-refractivity contribution in [3.63, 3.8) is 0 Å². The van der Waals surface area contributed by atoms with Crippen molar-refractivity contribution >= 4 is 41.2 Å². The average molecular weight is 842 g/mol. The minimum Gasteiger partial charge on any atom is -0.497 e. The second-order valence-electron chi connectivity index (χ2n) is 14.9. The summed E-state index contributed by atoms with van der Waals surface area (Å²) >= 11 is 0. The van der Waals surface area contributed by atoms with Crippen LogP contribution in [0.1, 0.15) is 22.3 Å². The fourth-order valence-electron chi connectivity index (χ4n) is 6.95. The summed E-state index contributed by atoms with van der Waals surface area (Å²) in [5, 5.41) is 44.7. The first-order chi connectivity index (χ1) is 29.9. The van der Waals surface area contributed by atoms with E-state index in [-0.39, 0.29) is 31.4 Å². The molecule has 2 heterocycles. The number of amides is 5. The summed E-state index contributed by atoms with van der Waals surface area (Å²) < 4.78 is 5.34. The van der Waals surface area contributed by atoms with Crippen molar-refractivity contribution in [3.05, 3.63) is 156 Å². The zero-order valence-electron chi connectivity index (χ0n) is 33.7. The second kappa shape index (κ2) is 20.7. The summed E-state index contributed by atoms with van der Waals surface area (Å²) in [6.45, 7) is 0. The number of ether oxygens (including phenoxy) is 1. The minimum atomic E-state index is -2.33. The number of carboxylic acids is 1. The molecule has 15 nitrogen and oxygen atoms in total. The zero-order chi connectivity index (χ0) is 44.2. The van der Waals surface area contributed by atoms with Gasteiger partial charge in [-0.2, -0.15) is 0 Å². The van der Waals surface area contributed by atoms with Crippen LogP contribution in [-0.2, 0) is 54.5 Å². The molecule has 320 valence electrons. The van der Waals surface area contributed by atoms with Gasteiger partial charge < -0.3 is 46.6 Å². The number of nitrogens with one attached hydrogen (secondary N) is 5. The monoisotopic (exact) mass is 841 g/mol. The summed E-state index contributed by atoms with van der Waals surface area (Å²) in [7, 11) is 1.45. The molecule has 0 aromatic heterocycles. The fraction of sp³-hybridized carbons (Fsp3) is 0.234. The van der Waals surface area contributed by atoms with E-state index in [1.807, 2.05) is 42.5 Å². The molecular weight excluding hydrogens is 795 g/mol. The molecule has 6 atom stereocenters. The van der Waals surface area contributed by atoms with E-state index in [1.165, 1.54) is 31.4 Å². The second-order valence-corrected chi connectivity index (χ2v) is 14.9. The molecule has 0 unspecified atom stereocenters. The van der Waals surface area contributed by atoms with Crippen LogP contribution in [0.3, 0.4) is 0 Å². The summed E-state index contributed by atoms with van der Waals surface area (Å²) in [5.41, 5.74) is 4.24. The Kier molecular flexibility index (Phi) is 14.8. The van der Waals surface area contributed by atoms with Gasteiger partial charge in [-0.1, -0.05) is 109 Å². The maximum absolute atomic E-state index is 14.5. The molecule has 7 rings (SSSR count). The van der Waals surface area contributed by atoms with Gasteiger partial charge >= 0.3 is 5.97 Å². The van der Waals surface area contributed by atoms with Gasteiger partial charge in [-0.25, -0.2) is 4.79 Å². The van der Waals surface area contributed by atoms with Crippen molar-refractivity contribution in [1.29, 1.82) is 0 Å². The molecule has 8 N–H and O–H groups in total. The molecule has 5 aromatic carbocycles. The van der Waals surface area contributed by atoms with Gasteiger partial charge in [0.25, 0.3) is 11.8 Å². The highest BCUT2D eigenvalue weighted by Crippen LogP contribution is 2.21. The third-order valence-electron chi connectivity index (χ3n) is 10.4. The molecule has 0 saturated carbocycles. The normalized spacial score (nSPS) is 21.6. The lowest BCUT2D eigenvalue weighted by molar-refractivity contribution is -0.145. The number of hydrogen-bond acceptors (Lipinski definition) is 9. The van der Waals surface area contributed by atoms with Gasteiger partial charge in [0.1, 0.15) is 29.9 Å². The number of aliphatic hydroxyl groups excluding tert-OH is 2. The Balaban J connectivity index is 1.39. The van der Waals surface area contributed by atoms with Gasteiger partial charge in [-0.05, 0) is 57.6 Å². The van der Waals surface area contributed by atoms with Crippen LogP contribution in [0.15, 0.2) is 133 Å². The largest absolute Gasteiger partial charge is 0.497 e. The molecule has 0 spiro atoms. The Morgan fingerprint density at radius 3 is 1.61 bits per heavy atom. The number of carbonyl (C=O) groups is 6. The summed E-state index contributed by atoms with van der Waals surface area (Å²) in [6, 6.07) is 32.5. The Morgan fingerprint density at radius 2 is 1.03 bits per heavy atom. The fourth-order valence-corrected chi connectivity index (χ4v) is 6.95. The van der Waals surface area contributed by atoms with Crippen molar-refractivity contribution in [2.45, 2.75) is 62.1 Å². The Hall–Kier alpha value is -7.36. The quantitative estimate of drug-likeness (QED) is 0.101. The first kappa shape index (κ1) is 44.2. The van der Waals surface area contributed by atoms with Crippen LogP contribution < -0.4 is 31.3 Å². The number of benzene rings is 5. The topological polar surface area (TPSA) is 232 Å². The predicted octanol–water partition coefficient (Wildman–Crippen LogP) is 2.33. The van der Waals surface area contributed by atoms with Gasteiger partial charge in [0.15, 0.2) is 12.2 Å². The van der Waals surface area contributed by atoms with Crippen LogP contribution in [0.4, 0.5) is 5.69 Å². The van der Waals surface area contributed by atoms with Gasteiger partial charge in [0.2, 0.25) is 17.7 Å². The van der Waals surface area contributed by atoms with E-state index in [2.05, 4.69) is 26.6 Å². The lowest BCUT2D eigenvalue weighted by atomic mass is 9.98. The first-order valence-electron chi connectivity index (χ1n) is 19.9. The number of aliphatic carboxylic acids is 1. The molecule has 5 amide bonds. The van der Waals surface area contributed by atoms with E-state index >= 15 is 0 Å². The zero-order valence-corrected chi connectivity index (χ0v) is 33.7. The Labute approximate surface area is 357 Å². The van der Waals surface area contributed by atoms with E-state index < -0.39 is 71.9 Å². The molecule has 5 aromatic rings. The molecule has 2 bridgehead atoms. The van der Waals surface area contributed by atoms with E-state index in [9.17, 15) is 44.1 Å². The molecule has 15 heteroatoms. The number of carboxylic acid groups (broad SMARTS) is 1. The first-order valence-corrected chi connectivity index (χ1v) is 19.9. The van der Waals surface area contributed by atoms with Crippen molar-refractivity contribution in [2.75, 3.05) is 12.4 Å². The van der Waals surface area contributed by atoms with Crippen LogP contribution in [0.5, 0.6) is 5.75 Å². The van der Waals surface area contributed by atoms with Gasteiger partial charge in [0.05, 0.1) is 7.11 Å². The van der Waals surface area contributed by atoms with Gasteiger partial charge in [-0.3, -0.25) is 24.0 Å². The van der Waals surface area contributed by atoms with Crippen LogP contribution in [-0.4, -0.2) is 94.3 Å². The van der Waals surface area contributed by atoms with Gasteiger partial charge in [0, 0.05) is 31.4 Å². The van der Waals surface area contributed by atoms with Crippen molar-refractivity contribution in [3.8, 4) is 16.9 Å². The summed E-state index contributed by atoms with van der Waals surface area (Å²) in [4.78, 5) is 82.0. The third-order valence-corrected chi connectivity index (χ3v) is 10.4. The predicted molar refractivity (Wildman–Crippen MR) is 229 cm³/mol. The van der Waals surface area contributed by atoms with E-state index in [0.717, 1.165) is 11.1 Å². The lowest BCUT2D eigenvalue weighted by Crippen LogP contribution is -2.60. The number of hydrogen-bond donors (Lipinski definition) is 8. The number of anilines is 1. The molecule has 2 aliphatic rings. The Morgan fingerprint density at radius 1 is 0.548 bits per heavy atom. The highest BCUT2D eigenvalue weighted by molar-refractivity contribution is 6.00. The van der Waals surface area contributed by atoms with Crippen molar-refractivity contribution in [1.82, 2.24) is 21.3 Å². The standard InChI is InChI=1S/C47H47N5O10/c1-62-35-14-8-11-31(23-35)27-38-43(56)50-37(25-29-15-19-33(20-16-29)32-12-6-3-7-13-32)42(55)49-36(24-28-9-4-2-5-10-28)44(57)52-39(47(60)61)26-30-17-21-34(22-18-30)48-45(58)40(53)41(54)46(59)51-38/h2-23,36-41,53-54H,24-27H2,1H3,(H,48,58)(H,49,55)(H,50,56)(H,51,59)(H,52,57)(H,60,61)/t36-,37+,38-,39+,40-,41-/m1/s1. The minimum absolute atomic E-state index is 0.0413. The lowest BCUT2D eigenvalue weighted by Gasteiger charge is -2.27. The van der Waals surface area contributed by atoms with Crippen molar-refractivity contribution < 1.29 is 48.8 Å². The highest BCUT2D eigenvalue weighted by atomic mass is 16.5. The van der Waals surface area contributed by atoms with Crippen LogP contribution in [0.2, 0.25) is 0 Å². The van der Waals surface area contributed by atoms with Crippen molar-refractivity contribution in [2.24, 2.45) is 0 Å². The molecule has 0 saturated heterocycles. The molecule has 0 radical (unpaired) electrons.